The molecular weight excluding hydrogens is 284 g/mol. The lowest BCUT2D eigenvalue weighted by Gasteiger charge is -2.08. The number of phenols is 1. The van der Waals surface area contributed by atoms with Crippen LogP contribution in [0.4, 0.5) is 0 Å². The fourth-order valence-corrected chi connectivity index (χ4v) is 2.47. The summed E-state index contributed by atoms with van der Waals surface area (Å²) in [6.07, 6.45) is 5.63. The molecule has 2 nitrogen and oxygen atoms in total. The molecule has 0 saturated carbocycles. The summed E-state index contributed by atoms with van der Waals surface area (Å²) < 4.78 is 5.73. The van der Waals surface area contributed by atoms with E-state index in [0.29, 0.717) is 12.4 Å². The summed E-state index contributed by atoms with van der Waals surface area (Å²) in [6, 6.07) is 17.4. The average molecular weight is 308 g/mol. The highest BCUT2D eigenvalue weighted by molar-refractivity contribution is 5.32. The molecule has 1 N–H and O–H groups in total. The minimum Gasteiger partial charge on any atom is -0.508 e. The molecule has 0 amide bonds. The van der Waals surface area contributed by atoms with Crippen LogP contribution in [-0.4, -0.2) is 11.7 Å². The molecule has 0 atom stereocenters. The van der Waals surface area contributed by atoms with Crippen molar-refractivity contribution in [3.8, 4) is 11.5 Å². The van der Waals surface area contributed by atoms with Gasteiger partial charge in [0.25, 0.3) is 0 Å². The van der Waals surface area contributed by atoms with Gasteiger partial charge in [0, 0.05) is 0 Å². The normalized spacial score (nSPS) is 9.96. The fraction of sp³-hybridized carbons (Fsp3) is 0.286. The van der Waals surface area contributed by atoms with Crippen molar-refractivity contribution in [1.29, 1.82) is 0 Å². The summed E-state index contributed by atoms with van der Waals surface area (Å²) in [5.74, 6) is 1.29. The molecule has 23 heavy (non-hydrogen) atoms. The maximum atomic E-state index is 9.84. The van der Waals surface area contributed by atoms with E-state index < -0.39 is 0 Å². The van der Waals surface area contributed by atoms with Crippen molar-refractivity contribution in [3.63, 3.8) is 0 Å². The standard InChI is InChI=1S/C21H24O2/c1-2-9-18(15-16-19-11-6-7-14-21(19)22)10-8-17-23-20-12-4-3-5-13-20/h2-7,11-14,22H,8,10,15-17H2,1H3. The van der Waals surface area contributed by atoms with Crippen LogP contribution >= 0.6 is 0 Å². The molecule has 0 spiro atoms. The van der Waals surface area contributed by atoms with Crippen molar-refractivity contribution in [2.45, 2.75) is 32.6 Å². The van der Waals surface area contributed by atoms with Gasteiger partial charge in [0.05, 0.1) is 6.61 Å². The number of phenolic OH excluding ortho intramolecular Hbond substituents is 1. The Kier molecular flexibility index (Phi) is 7.03. The topological polar surface area (TPSA) is 29.5 Å². The molecular formula is C21H24O2. The van der Waals surface area contributed by atoms with Crippen LogP contribution in [0.5, 0.6) is 11.5 Å². The molecule has 0 heterocycles. The van der Waals surface area contributed by atoms with E-state index in [0.717, 1.165) is 37.0 Å². The Labute approximate surface area is 138 Å². The Morgan fingerprint density at radius 2 is 1.78 bits per heavy atom. The van der Waals surface area contributed by atoms with Crippen LogP contribution in [0.15, 0.2) is 72.0 Å². The van der Waals surface area contributed by atoms with Gasteiger partial charge in [0.15, 0.2) is 0 Å². The van der Waals surface area contributed by atoms with Crippen LogP contribution < -0.4 is 4.74 Å². The monoisotopic (exact) mass is 308 g/mol. The first kappa shape index (κ1) is 16.9. The van der Waals surface area contributed by atoms with Crippen molar-refractivity contribution >= 4 is 0 Å². The van der Waals surface area contributed by atoms with Gasteiger partial charge in [-0.25, -0.2) is 0 Å². The molecule has 0 aromatic heterocycles. The van der Waals surface area contributed by atoms with E-state index in [4.69, 9.17) is 4.74 Å². The van der Waals surface area contributed by atoms with E-state index in [1.165, 1.54) is 5.57 Å². The zero-order valence-electron chi connectivity index (χ0n) is 13.7. The van der Waals surface area contributed by atoms with Crippen molar-refractivity contribution < 1.29 is 9.84 Å². The zero-order chi connectivity index (χ0) is 16.3. The molecule has 0 fully saturated rings. The Morgan fingerprint density at radius 3 is 2.52 bits per heavy atom. The second kappa shape index (κ2) is 9.55. The minimum absolute atomic E-state index is 0.375. The molecule has 0 aliphatic rings. The number of rotatable bonds is 8. The van der Waals surface area contributed by atoms with Crippen LogP contribution in [0.1, 0.15) is 31.7 Å². The van der Waals surface area contributed by atoms with Gasteiger partial charge in [-0.05, 0) is 68.0 Å². The number of para-hydroxylation sites is 2. The highest BCUT2D eigenvalue weighted by Crippen LogP contribution is 2.20. The van der Waals surface area contributed by atoms with Gasteiger partial charge in [0.2, 0.25) is 0 Å². The smallest absolute Gasteiger partial charge is 0.119 e. The maximum Gasteiger partial charge on any atom is 0.119 e. The third-order valence-electron chi connectivity index (χ3n) is 3.67. The number of hydrogen-bond donors (Lipinski definition) is 1. The Hall–Kier alpha value is -2.44. The fourth-order valence-electron chi connectivity index (χ4n) is 2.47. The average Bonchev–Trinajstić information content (AvgIpc) is 2.58. The van der Waals surface area contributed by atoms with E-state index in [-0.39, 0.29) is 0 Å². The van der Waals surface area contributed by atoms with Crippen molar-refractivity contribution in [1.82, 2.24) is 0 Å². The lowest BCUT2D eigenvalue weighted by atomic mass is 10.0. The molecule has 0 bridgehead atoms. The first-order valence-electron chi connectivity index (χ1n) is 8.13. The summed E-state index contributed by atoms with van der Waals surface area (Å²) in [7, 11) is 0. The predicted octanol–water partition coefficient (Wildman–Crippen LogP) is 5.29. The molecule has 2 heteroatoms. The number of ether oxygens (including phenoxy) is 1. The molecule has 2 aromatic carbocycles. The summed E-state index contributed by atoms with van der Waals surface area (Å²) in [4.78, 5) is 0. The quantitative estimate of drug-likeness (QED) is 0.530. The third-order valence-corrected chi connectivity index (χ3v) is 3.67. The van der Waals surface area contributed by atoms with Crippen LogP contribution in [0.2, 0.25) is 0 Å². The second-order valence-corrected chi connectivity index (χ2v) is 5.43. The first-order chi connectivity index (χ1) is 11.3. The molecule has 120 valence electrons. The van der Waals surface area contributed by atoms with Gasteiger partial charge in [-0.3, -0.25) is 0 Å². The molecule has 0 radical (unpaired) electrons. The molecule has 0 aliphatic heterocycles. The van der Waals surface area contributed by atoms with E-state index >= 15 is 0 Å². The highest BCUT2D eigenvalue weighted by Gasteiger charge is 2.03. The summed E-state index contributed by atoms with van der Waals surface area (Å²) in [5, 5.41) is 9.84. The lowest BCUT2D eigenvalue weighted by molar-refractivity contribution is 0.310. The third kappa shape index (κ3) is 6.06. The number of hydrogen-bond acceptors (Lipinski definition) is 2. The Morgan fingerprint density at radius 1 is 1.04 bits per heavy atom. The van der Waals surface area contributed by atoms with E-state index in [2.05, 4.69) is 5.73 Å². The van der Waals surface area contributed by atoms with Gasteiger partial charge in [-0.15, -0.1) is 5.73 Å². The molecule has 0 saturated heterocycles. The molecule has 2 rings (SSSR count). The van der Waals surface area contributed by atoms with Crippen molar-refractivity contribution in [2.24, 2.45) is 0 Å². The predicted molar refractivity (Wildman–Crippen MR) is 94.9 cm³/mol. The minimum atomic E-state index is 0.375. The summed E-state index contributed by atoms with van der Waals surface area (Å²) in [5.41, 5.74) is 5.59. The van der Waals surface area contributed by atoms with Crippen LogP contribution in [0.3, 0.4) is 0 Å². The first-order valence-corrected chi connectivity index (χ1v) is 8.13. The van der Waals surface area contributed by atoms with Gasteiger partial charge in [-0.2, -0.15) is 0 Å². The summed E-state index contributed by atoms with van der Waals surface area (Å²) in [6.45, 7) is 2.69. The van der Waals surface area contributed by atoms with Gasteiger partial charge >= 0.3 is 0 Å². The molecule has 2 aromatic rings. The molecule has 0 unspecified atom stereocenters. The SMILES string of the molecule is CC=C=C(CCCOc1ccccc1)CCc1ccccc1O. The van der Waals surface area contributed by atoms with E-state index in [9.17, 15) is 5.11 Å². The van der Waals surface area contributed by atoms with Crippen LogP contribution in [0.25, 0.3) is 0 Å². The van der Waals surface area contributed by atoms with Crippen LogP contribution in [0, 0.1) is 0 Å². The van der Waals surface area contributed by atoms with Crippen LogP contribution in [-0.2, 0) is 6.42 Å². The van der Waals surface area contributed by atoms with Gasteiger partial charge < -0.3 is 9.84 Å². The maximum absolute atomic E-state index is 9.84. The van der Waals surface area contributed by atoms with Crippen molar-refractivity contribution in [2.75, 3.05) is 6.61 Å². The van der Waals surface area contributed by atoms with E-state index in [1.807, 2.05) is 61.5 Å². The van der Waals surface area contributed by atoms with E-state index in [1.54, 1.807) is 6.07 Å². The number of aromatic hydroxyl groups is 1. The second-order valence-electron chi connectivity index (χ2n) is 5.43. The summed E-state index contributed by atoms with van der Waals surface area (Å²) >= 11 is 0. The Balaban J connectivity index is 1.78. The van der Waals surface area contributed by atoms with Gasteiger partial charge in [0.1, 0.15) is 11.5 Å². The zero-order valence-corrected chi connectivity index (χ0v) is 13.7. The lowest BCUT2D eigenvalue weighted by Crippen LogP contribution is -1.98. The highest BCUT2D eigenvalue weighted by atomic mass is 16.5. The largest absolute Gasteiger partial charge is 0.508 e. The van der Waals surface area contributed by atoms with Crippen molar-refractivity contribution in [3.05, 3.63) is 77.5 Å². The van der Waals surface area contributed by atoms with Gasteiger partial charge in [-0.1, -0.05) is 36.4 Å². The molecule has 0 aliphatic carbocycles. The number of benzene rings is 2. The number of allylic oxidation sites excluding steroid dienone is 1. The Bertz CT molecular complexity index is 653. The number of aryl methyl sites for hydroxylation is 1.